The molecule has 8 nitrogen and oxygen atoms in total. The third-order valence-electron chi connectivity index (χ3n) is 6.66. The second kappa shape index (κ2) is 11.1. The fourth-order valence-electron chi connectivity index (χ4n) is 4.92. The van der Waals surface area contributed by atoms with E-state index >= 15 is 0 Å². The summed E-state index contributed by atoms with van der Waals surface area (Å²) in [6.07, 6.45) is 0. The first kappa shape index (κ1) is 26.3. The molecular formula is C29H36N4O4. The molecule has 0 bridgehead atoms. The van der Waals surface area contributed by atoms with Gasteiger partial charge in [0.15, 0.2) is 0 Å². The second-order valence-corrected chi connectivity index (χ2v) is 10.2. The van der Waals surface area contributed by atoms with Crippen molar-refractivity contribution in [1.29, 1.82) is 0 Å². The predicted molar refractivity (Wildman–Crippen MR) is 142 cm³/mol. The van der Waals surface area contributed by atoms with Crippen molar-refractivity contribution in [1.82, 2.24) is 20.4 Å². The van der Waals surface area contributed by atoms with Crippen LogP contribution in [0.5, 0.6) is 11.5 Å². The number of nitrogens with one attached hydrogen (secondary N) is 2. The van der Waals surface area contributed by atoms with Crippen LogP contribution in [0.2, 0.25) is 0 Å². The van der Waals surface area contributed by atoms with E-state index in [0.29, 0.717) is 41.8 Å². The van der Waals surface area contributed by atoms with Crippen LogP contribution in [0.3, 0.4) is 0 Å². The van der Waals surface area contributed by atoms with E-state index in [-0.39, 0.29) is 30.3 Å². The molecular weight excluding hydrogens is 468 g/mol. The lowest BCUT2D eigenvalue weighted by atomic mass is 9.95. The minimum absolute atomic E-state index is 0.0998. The predicted octanol–water partition coefficient (Wildman–Crippen LogP) is 4.46. The van der Waals surface area contributed by atoms with Gasteiger partial charge in [-0.15, -0.1) is 0 Å². The number of carbonyl (C=O) groups excluding carboxylic acids is 3. The van der Waals surface area contributed by atoms with Crippen molar-refractivity contribution in [2.45, 2.75) is 46.7 Å². The summed E-state index contributed by atoms with van der Waals surface area (Å²) in [5.41, 5.74) is 1.89. The lowest BCUT2D eigenvalue weighted by Gasteiger charge is -2.33. The number of benzene rings is 2. The average Bonchev–Trinajstić information content (AvgIpc) is 3.19. The van der Waals surface area contributed by atoms with Gasteiger partial charge in [-0.1, -0.05) is 58.0 Å². The number of carbonyl (C=O) groups is 3. The van der Waals surface area contributed by atoms with Gasteiger partial charge in [-0.2, -0.15) is 0 Å². The summed E-state index contributed by atoms with van der Waals surface area (Å²) in [5, 5.41) is 6.00. The van der Waals surface area contributed by atoms with Gasteiger partial charge in [0.25, 0.3) is 5.91 Å². The van der Waals surface area contributed by atoms with Gasteiger partial charge in [-0.05, 0) is 48.6 Å². The summed E-state index contributed by atoms with van der Waals surface area (Å²) in [4.78, 5) is 43.4. The third-order valence-corrected chi connectivity index (χ3v) is 6.66. The number of hydrogen-bond donors (Lipinski definition) is 2. The maximum absolute atomic E-state index is 13.9. The molecule has 0 spiro atoms. The average molecular weight is 505 g/mol. The highest BCUT2D eigenvalue weighted by molar-refractivity contribution is 6.03. The Labute approximate surface area is 218 Å². The van der Waals surface area contributed by atoms with Gasteiger partial charge in [0.1, 0.15) is 17.5 Å². The highest BCUT2D eigenvalue weighted by Gasteiger charge is 2.47. The second-order valence-electron chi connectivity index (χ2n) is 10.2. The maximum Gasteiger partial charge on any atom is 0.322 e. The number of likely N-dealkylation sites (N-methyl/N-ethyl adjacent to an activating group) is 1. The summed E-state index contributed by atoms with van der Waals surface area (Å²) in [6.45, 7) is 11.0. The molecule has 4 rings (SSSR count). The molecule has 0 fully saturated rings. The van der Waals surface area contributed by atoms with E-state index < -0.39 is 12.1 Å². The quantitative estimate of drug-likeness (QED) is 0.528. The first-order valence-corrected chi connectivity index (χ1v) is 12.9. The van der Waals surface area contributed by atoms with E-state index in [9.17, 15) is 14.4 Å². The maximum atomic E-state index is 13.9. The number of nitrogens with zero attached hydrogens (tertiary/aromatic N) is 2. The van der Waals surface area contributed by atoms with Crippen molar-refractivity contribution in [3.8, 4) is 11.5 Å². The Morgan fingerprint density at radius 3 is 2.41 bits per heavy atom. The van der Waals surface area contributed by atoms with E-state index in [1.165, 1.54) is 0 Å². The monoisotopic (exact) mass is 504 g/mol. The zero-order chi connectivity index (χ0) is 26.7. The molecule has 2 aromatic carbocycles. The van der Waals surface area contributed by atoms with Crippen LogP contribution < -0.4 is 15.4 Å². The molecule has 196 valence electrons. The van der Waals surface area contributed by atoms with Crippen molar-refractivity contribution >= 4 is 17.8 Å². The Hall–Kier alpha value is -3.81. The number of amides is 4. The molecule has 2 aliphatic rings. The van der Waals surface area contributed by atoms with Gasteiger partial charge >= 0.3 is 6.03 Å². The van der Waals surface area contributed by atoms with Gasteiger partial charge in [0.2, 0.25) is 5.91 Å². The number of hydrogen-bond acceptors (Lipinski definition) is 4. The van der Waals surface area contributed by atoms with Crippen molar-refractivity contribution in [3.63, 3.8) is 0 Å². The van der Waals surface area contributed by atoms with Gasteiger partial charge in [-0.3, -0.25) is 14.5 Å². The molecule has 2 heterocycles. The Morgan fingerprint density at radius 1 is 1.05 bits per heavy atom. The topological polar surface area (TPSA) is 91.0 Å². The Balaban J connectivity index is 1.67. The van der Waals surface area contributed by atoms with Crippen LogP contribution in [-0.4, -0.2) is 53.3 Å². The molecule has 2 unspecified atom stereocenters. The number of para-hydroxylation sites is 1. The standard InChI is InChI=1S/C29H36N4O4/c1-6-32-23-17-33(26(19(4)5)27(34)30-16-18(2)3)28(35)24(23)25(31-29(32)36)20-11-10-14-22(15-20)37-21-12-8-7-9-13-21/h7-15,18-19,25-26H,6,16-17H2,1-5H3,(H,30,34)(H,31,36). The summed E-state index contributed by atoms with van der Waals surface area (Å²) < 4.78 is 6.00. The summed E-state index contributed by atoms with van der Waals surface area (Å²) in [5.74, 6) is 1.09. The third kappa shape index (κ3) is 5.48. The smallest absolute Gasteiger partial charge is 0.322 e. The first-order chi connectivity index (χ1) is 17.7. The van der Waals surface area contributed by atoms with Crippen LogP contribution >= 0.6 is 0 Å². The Kier molecular flexibility index (Phi) is 7.86. The van der Waals surface area contributed by atoms with Crippen molar-refractivity contribution in [2.75, 3.05) is 19.6 Å². The minimum Gasteiger partial charge on any atom is -0.457 e. The minimum atomic E-state index is -0.645. The molecule has 37 heavy (non-hydrogen) atoms. The van der Waals surface area contributed by atoms with Crippen LogP contribution in [-0.2, 0) is 9.59 Å². The highest BCUT2D eigenvalue weighted by atomic mass is 16.5. The molecule has 0 aromatic heterocycles. The van der Waals surface area contributed by atoms with E-state index in [1.807, 2.05) is 89.2 Å². The first-order valence-electron chi connectivity index (χ1n) is 12.9. The van der Waals surface area contributed by atoms with Crippen LogP contribution in [0.25, 0.3) is 0 Å². The summed E-state index contributed by atoms with van der Waals surface area (Å²) >= 11 is 0. The molecule has 2 aliphatic heterocycles. The number of urea groups is 1. The lowest BCUT2D eigenvalue weighted by Crippen LogP contribution is -2.52. The summed E-state index contributed by atoms with van der Waals surface area (Å²) in [7, 11) is 0. The molecule has 4 amide bonds. The van der Waals surface area contributed by atoms with Crippen molar-refractivity contribution in [2.24, 2.45) is 11.8 Å². The highest BCUT2D eigenvalue weighted by Crippen LogP contribution is 2.38. The van der Waals surface area contributed by atoms with E-state index in [0.717, 1.165) is 5.56 Å². The fraction of sp³-hybridized carbons (Fsp3) is 0.414. The van der Waals surface area contributed by atoms with E-state index in [2.05, 4.69) is 10.6 Å². The normalized spacial score (nSPS) is 18.3. The SMILES string of the molecule is CCN1C(=O)NC(c2cccc(Oc3ccccc3)c2)C2=C1CN(C(C(=O)NCC(C)C)C(C)C)C2=O. The molecule has 0 saturated heterocycles. The van der Waals surface area contributed by atoms with E-state index in [4.69, 9.17) is 4.74 Å². The van der Waals surface area contributed by atoms with Gasteiger partial charge < -0.3 is 20.3 Å². The Bertz CT molecular complexity index is 1190. The lowest BCUT2D eigenvalue weighted by molar-refractivity contribution is -0.138. The molecule has 2 N–H and O–H groups in total. The fourth-order valence-corrected chi connectivity index (χ4v) is 4.92. The van der Waals surface area contributed by atoms with Crippen LogP contribution in [0.15, 0.2) is 65.9 Å². The van der Waals surface area contributed by atoms with Gasteiger partial charge in [-0.25, -0.2) is 4.79 Å². The Morgan fingerprint density at radius 2 is 1.76 bits per heavy atom. The molecule has 0 radical (unpaired) electrons. The van der Waals surface area contributed by atoms with Gasteiger partial charge in [0.05, 0.1) is 23.9 Å². The molecule has 0 saturated carbocycles. The molecule has 8 heteroatoms. The zero-order valence-electron chi connectivity index (χ0n) is 22.2. The van der Waals surface area contributed by atoms with Crippen molar-refractivity contribution < 1.29 is 19.1 Å². The largest absolute Gasteiger partial charge is 0.457 e. The van der Waals surface area contributed by atoms with Crippen molar-refractivity contribution in [3.05, 3.63) is 71.4 Å². The number of rotatable bonds is 9. The zero-order valence-corrected chi connectivity index (χ0v) is 22.2. The number of ether oxygens (including phenoxy) is 1. The summed E-state index contributed by atoms with van der Waals surface area (Å²) in [6, 6.07) is 15.3. The van der Waals surface area contributed by atoms with Crippen LogP contribution in [0.1, 0.15) is 46.2 Å². The molecule has 2 aromatic rings. The van der Waals surface area contributed by atoms with Gasteiger partial charge in [0, 0.05) is 13.1 Å². The van der Waals surface area contributed by atoms with E-state index in [1.54, 1.807) is 9.80 Å². The molecule has 2 atom stereocenters. The van der Waals surface area contributed by atoms with Crippen LogP contribution in [0.4, 0.5) is 4.79 Å². The van der Waals surface area contributed by atoms with Crippen LogP contribution in [0, 0.1) is 11.8 Å². The molecule has 0 aliphatic carbocycles.